The van der Waals surface area contributed by atoms with Gasteiger partial charge in [0.25, 0.3) is 0 Å². The zero-order valence-corrected chi connectivity index (χ0v) is 12.5. The van der Waals surface area contributed by atoms with Crippen LogP contribution in [0.1, 0.15) is 17.4 Å². The predicted octanol–water partition coefficient (Wildman–Crippen LogP) is 3.20. The van der Waals surface area contributed by atoms with Crippen LogP contribution < -0.4 is 5.32 Å². The maximum absolute atomic E-state index is 4.58. The van der Waals surface area contributed by atoms with Crippen molar-refractivity contribution in [1.29, 1.82) is 0 Å². The molecule has 102 valence electrons. The second-order valence-electron chi connectivity index (χ2n) is 4.59. The largest absolute Gasteiger partial charge is 0.370 e. The first-order chi connectivity index (χ1) is 9.67. The quantitative estimate of drug-likeness (QED) is 0.800. The summed E-state index contributed by atoms with van der Waals surface area (Å²) in [5, 5.41) is 4.35. The van der Waals surface area contributed by atoms with Crippen molar-refractivity contribution in [2.75, 3.05) is 11.9 Å². The molecule has 0 radical (unpaired) electrons. The maximum Gasteiger partial charge on any atom is 0.201 e. The van der Waals surface area contributed by atoms with Crippen LogP contribution in [-0.4, -0.2) is 26.5 Å². The Morgan fingerprint density at radius 3 is 2.55 bits per heavy atom. The number of rotatable bonds is 3. The Morgan fingerprint density at radius 1 is 1.10 bits per heavy atom. The smallest absolute Gasteiger partial charge is 0.201 e. The van der Waals surface area contributed by atoms with Crippen LogP contribution in [0.5, 0.6) is 0 Å². The Bertz CT molecular complexity index is 748. The van der Waals surface area contributed by atoms with E-state index in [0.717, 1.165) is 28.1 Å². The summed E-state index contributed by atoms with van der Waals surface area (Å²) < 4.78 is 0. The van der Waals surface area contributed by atoms with Crippen molar-refractivity contribution in [2.45, 2.75) is 20.8 Å². The highest BCUT2D eigenvalue weighted by Crippen LogP contribution is 2.30. The number of aromatic nitrogens is 4. The Hall–Kier alpha value is -2.08. The summed E-state index contributed by atoms with van der Waals surface area (Å²) in [7, 11) is 0. The molecule has 20 heavy (non-hydrogen) atoms. The number of nitrogens with zero attached hydrogens (tertiary/aromatic N) is 4. The van der Waals surface area contributed by atoms with E-state index in [1.54, 1.807) is 23.7 Å². The highest BCUT2D eigenvalue weighted by atomic mass is 32.1. The van der Waals surface area contributed by atoms with E-state index in [2.05, 4.69) is 45.2 Å². The van der Waals surface area contributed by atoms with Crippen molar-refractivity contribution in [3.05, 3.63) is 28.9 Å². The SMILES string of the molecule is CCNc1nc(-c2ncc(C)cn2)nc2sc(C)cc12. The lowest BCUT2D eigenvalue weighted by Crippen LogP contribution is -2.03. The zero-order valence-electron chi connectivity index (χ0n) is 11.6. The van der Waals surface area contributed by atoms with E-state index in [-0.39, 0.29) is 0 Å². The van der Waals surface area contributed by atoms with Crippen LogP contribution >= 0.6 is 11.3 Å². The molecule has 5 nitrogen and oxygen atoms in total. The number of nitrogens with one attached hydrogen (secondary N) is 1. The molecule has 3 aromatic rings. The molecule has 3 rings (SSSR count). The lowest BCUT2D eigenvalue weighted by Gasteiger charge is -2.06. The minimum Gasteiger partial charge on any atom is -0.370 e. The molecule has 0 saturated carbocycles. The van der Waals surface area contributed by atoms with E-state index in [0.29, 0.717) is 11.6 Å². The van der Waals surface area contributed by atoms with Crippen molar-refractivity contribution in [3.8, 4) is 11.6 Å². The van der Waals surface area contributed by atoms with Crippen molar-refractivity contribution in [1.82, 2.24) is 19.9 Å². The molecule has 0 spiro atoms. The van der Waals surface area contributed by atoms with Crippen molar-refractivity contribution in [2.24, 2.45) is 0 Å². The number of thiophene rings is 1. The fourth-order valence-corrected chi connectivity index (χ4v) is 2.83. The average molecular weight is 285 g/mol. The van der Waals surface area contributed by atoms with Crippen LogP contribution in [0.2, 0.25) is 0 Å². The number of hydrogen-bond donors (Lipinski definition) is 1. The maximum atomic E-state index is 4.58. The normalized spacial score (nSPS) is 10.9. The molecule has 0 aromatic carbocycles. The van der Waals surface area contributed by atoms with Gasteiger partial charge in [-0.2, -0.15) is 0 Å². The minimum atomic E-state index is 0.558. The van der Waals surface area contributed by atoms with Gasteiger partial charge in [-0.05, 0) is 32.4 Å². The Balaban J connectivity index is 2.18. The van der Waals surface area contributed by atoms with E-state index in [1.165, 1.54) is 4.88 Å². The molecule has 0 bridgehead atoms. The van der Waals surface area contributed by atoms with Crippen molar-refractivity contribution in [3.63, 3.8) is 0 Å². The average Bonchev–Trinajstić information content (AvgIpc) is 2.80. The van der Waals surface area contributed by atoms with Crippen molar-refractivity contribution < 1.29 is 0 Å². The molecule has 0 aliphatic heterocycles. The van der Waals surface area contributed by atoms with Crippen LogP contribution in [0.3, 0.4) is 0 Å². The third kappa shape index (κ3) is 2.34. The summed E-state index contributed by atoms with van der Waals surface area (Å²) in [6.45, 7) is 6.90. The Morgan fingerprint density at radius 2 is 1.85 bits per heavy atom. The van der Waals surface area contributed by atoms with E-state index in [4.69, 9.17) is 0 Å². The first-order valence-corrected chi connectivity index (χ1v) is 7.30. The molecule has 0 saturated heterocycles. The first-order valence-electron chi connectivity index (χ1n) is 6.48. The third-order valence-corrected chi connectivity index (χ3v) is 3.79. The number of hydrogen-bond acceptors (Lipinski definition) is 6. The third-order valence-electron chi connectivity index (χ3n) is 2.84. The standard InChI is InChI=1S/C14H15N5S/c1-4-15-11-10-5-9(3)20-14(10)19-13(18-11)12-16-6-8(2)7-17-12/h5-7H,4H2,1-3H3,(H,15,18,19). The highest BCUT2D eigenvalue weighted by molar-refractivity contribution is 7.18. The van der Waals surface area contributed by atoms with Crippen LogP contribution in [0, 0.1) is 13.8 Å². The van der Waals surface area contributed by atoms with Gasteiger partial charge < -0.3 is 5.32 Å². The molecule has 0 fully saturated rings. The summed E-state index contributed by atoms with van der Waals surface area (Å²) in [5.74, 6) is 1.97. The van der Waals surface area contributed by atoms with Gasteiger partial charge >= 0.3 is 0 Å². The summed E-state index contributed by atoms with van der Waals surface area (Å²) >= 11 is 1.66. The molecular weight excluding hydrogens is 270 g/mol. The van der Waals surface area contributed by atoms with Gasteiger partial charge in [-0.3, -0.25) is 0 Å². The lowest BCUT2D eigenvalue weighted by molar-refractivity contribution is 1.07. The monoisotopic (exact) mass is 285 g/mol. The first kappa shape index (κ1) is 12.9. The van der Waals surface area contributed by atoms with Crippen LogP contribution in [0.4, 0.5) is 5.82 Å². The molecule has 0 aliphatic rings. The van der Waals surface area contributed by atoms with E-state index >= 15 is 0 Å². The lowest BCUT2D eigenvalue weighted by atomic mass is 10.3. The summed E-state index contributed by atoms with van der Waals surface area (Å²) in [6, 6.07) is 2.11. The van der Waals surface area contributed by atoms with E-state index < -0.39 is 0 Å². The van der Waals surface area contributed by atoms with E-state index in [9.17, 15) is 0 Å². The van der Waals surface area contributed by atoms with Gasteiger partial charge in [0.1, 0.15) is 10.6 Å². The molecule has 1 N–H and O–H groups in total. The summed E-state index contributed by atoms with van der Waals surface area (Å²) in [6.07, 6.45) is 3.56. The minimum absolute atomic E-state index is 0.558. The number of fused-ring (bicyclic) bond motifs is 1. The highest BCUT2D eigenvalue weighted by Gasteiger charge is 2.12. The fourth-order valence-electron chi connectivity index (χ4n) is 1.95. The Labute approximate surface area is 121 Å². The van der Waals surface area contributed by atoms with Crippen LogP contribution in [0.15, 0.2) is 18.5 Å². The Kier molecular flexibility index (Phi) is 3.31. The summed E-state index contributed by atoms with van der Waals surface area (Å²) in [5.41, 5.74) is 1.02. The van der Waals surface area contributed by atoms with Crippen molar-refractivity contribution >= 4 is 27.4 Å². The van der Waals surface area contributed by atoms with Gasteiger partial charge in [0.05, 0.1) is 5.39 Å². The predicted molar refractivity (Wildman–Crippen MR) is 82.1 cm³/mol. The number of anilines is 1. The summed E-state index contributed by atoms with van der Waals surface area (Å²) in [4.78, 5) is 19.9. The number of aryl methyl sites for hydroxylation is 2. The van der Waals surface area contributed by atoms with Crippen LogP contribution in [-0.2, 0) is 0 Å². The van der Waals surface area contributed by atoms with Gasteiger partial charge in [0.15, 0.2) is 5.82 Å². The van der Waals surface area contributed by atoms with Gasteiger partial charge in [-0.1, -0.05) is 0 Å². The van der Waals surface area contributed by atoms with Crippen LogP contribution in [0.25, 0.3) is 21.9 Å². The fraction of sp³-hybridized carbons (Fsp3) is 0.286. The molecule has 0 amide bonds. The molecule has 0 unspecified atom stereocenters. The molecule has 0 atom stereocenters. The second-order valence-corrected chi connectivity index (χ2v) is 5.82. The second kappa shape index (κ2) is 5.13. The van der Waals surface area contributed by atoms with Gasteiger partial charge in [-0.25, -0.2) is 19.9 Å². The molecule has 3 aromatic heterocycles. The molecule has 0 aliphatic carbocycles. The van der Waals surface area contributed by atoms with Gasteiger partial charge in [0, 0.05) is 23.8 Å². The topological polar surface area (TPSA) is 63.6 Å². The van der Waals surface area contributed by atoms with Gasteiger partial charge in [0.2, 0.25) is 5.82 Å². The molecular formula is C14H15N5S. The zero-order chi connectivity index (χ0) is 14.1. The molecule has 6 heteroatoms. The van der Waals surface area contributed by atoms with E-state index in [1.807, 2.05) is 6.92 Å². The van der Waals surface area contributed by atoms with Gasteiger partial charge in [-0.15, -0.1) is 11.3 Å². The molecule has 3 heterocycles.